The minimum Gasteiger partial charge on any atom is -0.356 e. The lowest BCUT2D eigenvalue weighted by atomic mass is 10.1. The van der Waals surface area contributed by atoms with Crippen molar-refractivity contribution >= 4 is 29.2 Å². The SMILES string of the molecule is CC(=O)CN1C(=O)c2c(nc(C)n2CC(=O)Nc2cccc(-c3ccc(F)c(F)c3)n2)N(C)C1O. The average Bonchev–Trinajstić information content (AvgIpc) is 3.13. The number of imidazole rings is 1. The topological polar surface area (TPSA) is 121 Å². The van der Waals surface area contributed by atoms with E-state index in [2.05, 4.69) is 15.3 Å². The Morgan fingerprint density at radius 2 is 1.86 bits per heavy atom. The number of fused-ring (bicyclic) bond motifs is 1. The number of ketones is 1. The number of nitrogens with one attached hydrogen (secondary N) is 1. The minimum atomic E-state index is -1.38. The number of Topliss-reactive ketones (excluding diaryl/α,β-unsaturated/α-hetero) is 1. The average molecular weight is 484 g/mol. The van der Waals surface area contributed by atoms with Gasteiger partial charge in [-0.05, 0) is 44.2 Å². The highest BCUT2D eigenvalue weighted by Gasteiger charge is 2.40. The number of aliphatic hydroxyl groups is 1. The standard InChI is InChI=1S/C23H22F2N6O4/c1-12(32)10-31-22(34)20-21(29(3)23(31)35)26-13(2)30(20)11-19(33)28-18-6-4-5-17(27-18)14-7-8-15(24)16(25)9-14/h4-9,23,35H,10-11H2,1-3H3,(H,27,28,33). The fourth-order valence-electron chi connectivity index (χ4n) is 3.80. The zero-order valence-electron chi connectivity index (χ0n) is 19.1. The first-order chi connectivity index (χ1) is 16.6. The number of anilines is 2. The molecule has 0 radical (unpaired) electrons. The summed E-state index contributed by atoms with van der Waals surface area (Å²) in [6.07, 6.45) is -1.38. The van der Waals surface area contributed by atoms with E-state index in [1.165, 1.54) is 35.6 Å². The molecule has 4 rings (SSSR count). The van der Waals surface area contributed by atoms with E-state index in [9.17, 15) is 28.3 Å². The van der Waals surface area contributed by atoms with E-state index < -0.39 is 29.8 Å². The molecule has 0 saturated heterocycles. The number of aryl methyl sites for hydroxylation is 1. The van der Waals surface area contributed by atoms with Crippen LogP contribution < -0.4 is 10.2 Å². The quantitative estimate of drug-likeness (QED) is 0.549. The Morgan fingerprint density at radius 1 is 1.11 bits per heavy atom. The highest BCUT2D eigenvalue weighted by atomic mass is 19.2. The lowest BCUT2D eigenvalue weighted by molar-refractivity contribution is -0.120. The van der Waals surface area contributed by atoms with Crippen LogP contribution in [0.15, 0.2) is 36.4 Å². The molecule has 0 aliphatic carbocycles. The number of carbonyl (C=O) groups is 3. The number of hydrogen-bond acceptors (Lipinski definition) is 7. The number of nitrogens with zero attached hydrogens (tertiary/aromatic N) is 5. The molecule has 1 aliphatic rings. The Bertz CT molecular complexity index is 1340. The van der Waals surface area contributed by atoms with Crippen molar-refractivity contribution in [2.24, 2.45) is 0 Å². The Balaban J connectivity index is 1.57. The zero-order chi connectivity index (χ0) is 25.4. The van der Waals surface area contributed by atoms with E-state index in [4.69, 9.17) is 0 Å². The fourth-order valence-corrected chi connectivity index (χ4v) is 3.80. The molecular formula is C23H22F2N6O4. The van der Waals surface area contributed by atoms with Crippen LogP contribution in [0.5, 0.6) is 0 Å². The Kier molecular flexibility index (Phi) is 6.31. The van der Waals surface area contributed by atoms with Crippen LogP contribution >= 0.6 is 0 Å². The molecule has 1 atom stereocenters. The van der Waals surface area contributed by atoms with Crippen molar-refractivity contribution < 1.29 is 28.3 Å². The van der Waals surface area contributed by atoms with Crippen molar-refractivity contribution in [3.8, 4) is 11.3 Å². The van der Waals surface area contributed by atoms with Gasteiger partial charge in [0.15, 0.2) is 23.1 Å². The predicted octanol–water partition coefficient (Wildman–Crippen LogP) is 1.93. The van der Waals surface area contributed by atoms with Gasteiger partial charge in [0.25, 0.3) is 5.91 Å². The molecule has 3 heterocycles. The second kappa shape index (κ2) is 9.22. The van der Waals surface area contributed by atoms with Crippen LogP contribution in [0.2, 0.25) is 0 Å². The molecule has 0 spiro atoms. The number of hydrogen-bond donors (Lipinski definition) is 2. The van der Waals surface area contributed by atoms with Crippen LogP contribution in [0.4, 0.5) is 20.4 Å². The van der Waals surface area contributed by atoms with E-state index in [1.54, 1.807) is 19.1 Å². The van der Waals surface area contributed by atoms with E-state index in [0.717, 1.165) is 17.0 Å². The van der Waals surface area contributed by atoms with Crippen molar-refractivity contribution in [1.29, 1.82) is 0 Å². The molecular weight excluding hydrogens is 462 g/mol. The molecule has 1 unspecified atom stereocenters. The van der Waals surface area contributed by atoms with Gasteiger partial charge in [0.2, 0.25) is 12.3 Å². The number of halogens is 2. The van der Waals surface area contributed by atoms with Crippen LogP contribution in [-0.2, 0) is 16.1 Å². The Morgan fingerprint density at radius 3 is 2.54 bits per heavy atom. The summed E-state index contributed by atoms with van der Waals surface area (Å²) < 4.78 is 28.2. The van der Waals surface area contributed by atoms with Crippen LogP contribution in [0.1, 0.15) is 23.2 Å². The molecule has 0 saturated carbocycles. The second-order valence-corrected chi connectivity index (χ2v) is 8.09. The molecule has 2 aromatic heterocycles. The third-order valence-corrected chi connectivity index (χ3v) is 5.49. The van der Waals surface area contributed by atoms with E-state index in [0.29, 0.717) is 17.1 Å². The molecule has 182 valence electrons. The highest BCUT2D eigenvalue weighted by Crippen LogP contribution is 2.29. The molecule has 1 aromatic carbocycles. The van der Waals surface area contributed by atoms with Crippen molar-refractivity contribution in [2.75, 3.05) is 23.8 Å². The molecule has 3 aromatic rings. The predicted molar refractivity (Wildman–Crippen MR) is 121 cm³/mol. The van der Waals surface area contributed by atoms with Gasteiger partial charge in [0.1, 0.15) is 24.0 Å². The van der Waals surface area contributed by atoms with Gasteiger partial charge >= 0.3 is 0 Å². The summed E-state index contributed by atoms with van der Waals surface area (Å²) in [5.74, 6) is -2.76. The van der Waals surface area contributed by atoms with Crippen molar-refractivity contribution in [3.05, 3.63) is 59.6 Å². The largest absolute Gasteiger partial charge is 0.356 e. The number of rotatable bonds is 6. The van der Waals surface area contributed by atoms with E-state index in [1.807, 2.05) is 0 Å². The van der Waals surface area contributed by atoms with Gasteiger partial charge < -0.3 is 19.9 Å². The van der Waals surface area contributed by atoms with Crippen LogP contribution in [0, 0.1) is 18.6 Å². The second-order valence-electron chi connectivity index (χ2n) is 8.09. The molecule has 0 bridgehead atoms. The normalized spacial score (nSPS) is 15.3. The summed E-state index contributed by atoms with van der Waals surface area (Å²) in [4.78, 5) is 48.4. The van der Waals surface area contributed by atoms with Gasteiger partial charge in [-0.15, -0.1) is 0 Å². The molecule has 2 N–H and O–H groups in total. The Hall–Kier alpha value is -4.19. The highest BCUT2D eigenvalue weighted by molar-refractivity contribution is 6.02. The lowest BCUT2D eigenvalue weighted by Gasteiger charge is -2.38. The van der Waals surface area contributed by atoms with Crippen molar-refractivity contribution in [2.45, 2.75) is 26.7 Å². The summed E-state index contributed by atoms with van der Waals surface area (Å²) in [7, 11) is 1.52. The minimum absolute atomic E-state index is 0.0650. The van der Waals surface area contributed by atoms with Gasteiger partial charge in [0.05, 0.1) is 12.2 Å². The first-order valence-corrected chi connectivity index (χ1v) is 10.6. The smallest absolute Gasteiger partial charge is 0.278 e. The molecule has 2 amide bonds. The third-order valence-electron chi connectivity index (χ3n) is 5.49. The summed E-state index contributed by atoms with van der Waals surface area (Å²) in [5.41, 5.74) is 0.719. The number of benzene rings is 1. The van der Waals surface area contributed by atoms with Crippen LogP contribution in [0.3, 0.4) is 0 Å². The number of pyridine rings is 1. The number of carbonyl (C=O) groups excluding carboxylic acids is 3. The maximum atomic E-state index is 13.6. The fraction of sp³-hybridized carbons (Fsp3) is 0.261. The van der Waals surface area contributed by atoms with E-state index >= 15 is 0 Å². The number of amides is 2. The zero-order valence-corrected chi connectivity index (χ0v) is 19.1. The maximum absolute atomic E-state index is 13.6. The monoisotopic (exact) mass is 484 g/mol. The molecule has 1 aliphatic heterocycles. The summed E-state index contributed by atoms with van der Waals surface area (Å²) in [5, 5.41) is 13.1. The van der Waals surface area contributed by atoms with Crippen molar-refractivity contribution in [3.63, 3.8) is 0 Å². The third kappa shape index (κ3) is 4.60. The molecule has 10 nitrogen and oxygen atoms in total. The van der Waals surface area contributed by atoms with Gasteiger partial charge in [-0.25, -0.2) is 18.7 Å². The Labute approximate surface area is 198 Å². The van der Waals surface area contributed by atoms with Gasteiger partial charge in [-0.3, -0.25) is 19.3 Å². The molecule has 0 fully saturated rings. The number of aromatic nitrogens is 3. The first kappa shape index (κ1) is 24.0. The molecule has 35 heavy (non-hydrogen) atoms. The first-order valence-electron chi connectivity index (χ1n) is 10.6. The number of aliphatic hydroxyl groups excluding tert-OH is 1. The van der Waals surface area contributed by atoms with Crippen LogP contribution in [0.25, 0.3) is 11.3 Å². The summed E-state index contributed by atoms with van der Waals surface area (Å²) in [6.45, 7) is 2.30. The lowest BCUT2D eigenvalue weighted by Crippen LogP contribution is -2.55. The summed E-state index contributed by atoms with van der Waals surface area (Å²) in [6, 6.07) is 8.08. The molecule has 12 heteroatoms. The van der Waals surface area contributed by atoms with Gasteiger partial charge in [0, 0.05) is 12.6 Å². The van der Waals surface area contributed by atoms with Gasteiger partial charge in [-0.2, -0.15) is 0 Å². The van der Waals surface area contributed by atoms with Crippen LogP contribution in [-0.4, -0.2) is 62.1 Å². The van der Waals surface area contributed by atoms with E-state index in [-0.39, 0.29) is 36.2 Å². The summed E-state index contributed by atoms with van der Waals surface area (Å²) >= 11 is 0. The maximum Gasteiger partial charge on any atom is 0.278 e. The van der Waals surface area contributed by atoms with Gasteiger partial charge in [-0.1, -0.05) is 6.07 Å². The van der Waals surface area contributed by atoms with Crippen molar-refractivity contribution in [1.82, 2.24) is 19.4 Å².